The summed E-state index contributed by atoms with van der Waals surface area (Å²) in [5.74, 6) is 0.220. The van der Waals surface area contributed by atoms with E-state index in [-0.39, 0.29) is 11.8 Å². The van der Waals surface area contributed by atoms with Gasteiger partial charge in [-0.1, -0.05) is 18.2 Å². The molecule has 10 heteroatoms. The van der Waals surface area contributed by atoms with Gasteiger partial charge in [0.25, 0.3) is 5.91 Å². The first kappa shape index (κ1) is 21.6. The topological polar surface area (TPSA) is 105 Å². The number of thiophene rings is 1. The van der Waals surface area contributed by atoms with Crippen molar-refractivity contribution in [2.75, 3.05) is 5.32 Å². The minimum atomic E-state index is -0.548. The minimum Gasteiger partial charge on any atom is -0.350 e. The smallest absolute Gasteiger partial charge is 0.255 e. The van der Waals surface area contributed by atoms with E-state index in [0.29, 0.717) is 28.4 Å². The van der Waals surface area contributed by atoms with Gasteiger partial charge in [0.15, 0.2) is 10.6 Å². The predicted octanol–water partition coefficient (Wildman–Crippen LogP) is 4.19. The van der Waals surface area contributed by atoms with Gasteiger partial charge in [-0.3, -0.25) is 24.2 Å². The average molecular weight is 465 g/mol. The first-order chi connectivity index (χ1) is 15.5. The molecule has 3 heterocycles. The molecule has 1 aromatic carbocycles. The van der Waals surface area contributed by atoms with Crippen LogP contribution in [0.3, 0.4) is 0 Å². The lowest BCUT2D eigenvalue weighted by Gasteiger charge is -2.15. The van der Waals surface area contributed by atoms with Crippen molar-refractivity contribution in [3.05, 3.63) is 82.2 Å². The molecule has 1 unspecified atom stereocenters. The molecular weight excluding hydrogens is 444 g/mol. The van der Waals surface area contributed by atoms with Crippen molar-refractivity contribution in [2.45, 2.75) is 19.5 Å². The van der Waals surface area contributed by atoms with Crippen LogP contribution in [0.1, 0.15) is 28.9 Å². The zero-order valence-electron chi connectivity index (χ0n) is 17.1. The molecule has 0 aliphatic rings. The van der Waals surface area contributed by atoms with Gasteiger partial charge >= 0.3 is 0 Å². The predicted molar refractivity (Wildman–Crippen MR) is 126 cm³/mol. The number of benzene rings is 1. The molecule has 4 aromatic rings. The van der Waals surface area contributed by atoms with Crippen LogP contribution >= 0.6 is 23.6 Å². The standard InChI is InChI=1S/C22H20N6O2S2/c1-14(28-19(26-27-22(28)31)18-6-3-11-32-18)20(29)24-13-15-4-2-5-17(12-15)25-21(30)16-7-9-23-10-8-16/h2-12,14H,13H2,1H3,(H,24,29)(H,25,30)(H,27,31). The van der Waals surface area contributed by atoms with E-state index in [0.717, 1.165) is 10.4 Å². The highest BCUT2D eigenvalue weighted by Gasteiger charge is 2.21. The third-order valence-electron chi connectivity index (χ3n) is 4.81. The van der Waals surface area contributed by atoms with Crippen molar-refractivity contribution in [1.29, 1.82) is 0 Å². The van der Waals surface area contributed by atoms with Crippen LogP contribution in [0.2, 0.25) is 0 Å². The number of nitrogens with one attached hydrogen (secondary N) is 3. The first-order valence-corrected chi connectivity index (χ1v) is 11.1. The molecule has 4 rings (SSSR count). The van der Waals surface area contributed by atoms with Gasteiger partial charge in [-0.15, -0.1) is 11.3 Å². The fourth-order valence-electron chi connectivity index (χ4n) is 3.16. The highest BCUT2D eigenvalue weighted by Crippen LogP contribution is 2.25. The summed E-state index contributed by atoms with van der Waals surface area (Å²) in [5.41, 5.74) is 2.02. The van der Waals surface area contributed by atoms with Crippen LogP contribution in [0.4, 0.5) is 5.69 Å². The third-order valence-corrected chi connectivity index (χ3v) is 5.96. The molecule has 0 aliphatic carbocycles. The second kappa shape index (κ2) is 9.67. The maximum Gasteiger partial charge on any atom is 0.255 e. The lowest BCUT2D eigenvalue weighted by molar-refractivity contribution is -0.124. The van der Waals surface area contributed by atoms with Gasteiger partial charge in [0.2, 0.25) is 5.91 Å². The Morgan fingerprint density at radius 2 is 2.00 bits per heavy atom. The first-order valence-electron chi connectivity index (χ1n) is 9.82. The number of pyridine rings is 1. The normalized spacial score (nSPS) is 11.7. The second-order valence-electron chi connectivity index (χ2n) is 6.98. The van der Waals surface area contributed by atoms with Crippen LogP contribution < -0.4 is 10.6 Å². The summed E-state index contributed by atoms with van der Waals surface area (Å²) in [5, 5.41) is 14.8. The molecular formula is C22H20N6O2S2. The van der Waals surface area contributed by atoms with E-state index in [2.05, 4.69) is 25.8 Å². The Balaban J connectivity index is 1.42. The quantitative estimate of drug-likeness (QED) is 0.356. The van der Waals surface area contributed by atoms with Crippen LogP contribution in [-0.2, 0) is 11.3 Å². The highest BCUT2D eigenvalue weighted by molar-refractivity contribution is 7.71. The number of hydrogen-bond acceptors (Lipinski definition) is 6. The third kappa shape index (κ3) is 4.82. The van der Waals surface area contributed by atoms with Gasteiger partial charge in [-0.05, 0) is 60.4 Å². The second-order valence-corrected chi connectivity index (χ2v) is 8.32. The summed E-state index contributed by atoms with van der Waals surface area (Å²) in [6.45, 7) is 2.09. The van der Waals surface area contributed by atoms with Crippen LogP contribution in [0.5, 0.6) is 0 Å². The number of anilines is 1. The molecule has 3 N–H and O–H groups in total. The van der Waals surface area contributed by atoms with Crippen molar-refractivity contribution in [3.8, 4) is 10.7 Å². The Labute approximate surface area is 193 Å². The van der Waals surface area contributed by atoms with E-state index in [4.69, 9.17) is 12.2 Å². The lowest BCUT2D eigenvalue weighted by atomic mass is 10.1. The van der Waals surface area contributed by atoms with Gasteiger partial charge in [-0.25, -0.2) is 0 Å². The molecule has 162 valence electrons. The minimum absolute atomic E-state index is 0.188. The SMILES string of the molecule is CC(C(=O)NCc1cccc(NC(=O)c2ccncc2)c1)n1c(-c2cccs2)n[nH]c1=S. The number of aromatic amines is 1. The molecule has 0 bridgehead atoms. The van der Waals surface area contributed by atoms with Crippen LogP contribution in [0.15, 0.2) is 66.3 Å². The molecule has 0 fully saturated rings. The monoisotopic (exact) mass is 464 g/mol. The van der Waals surface area contributed by atoms with E-state index in [1.807, 2.05) is 35.7 Å². The summed E-state index contributed by atoms with van der Waals surface area (Å²) >= 11 is 6.87. The summed E-state index contributed by atoms with van der Waals surface area (Å²) in [6.07, 6.45) is 3.14. The van der Waals surface area contributed by atoms with Crippen molar-refractivity contribution in [3.63, 3.8) is 0 Å². The fraction of sp³-hybridized carbons (Fsp3) is 0.136. The molecule has 2 amide bonds. The van der Waals surface area contributed by atoms with Crippen LogP contribution in [-0.4, -0.2) is 31.6 Å². The molecule has 0 saturated carbocycles. The summed E-state index contributed by atoms with van der Waals surface area (Å²) in [6, 6.07) is 13.9. The Kier molecular flexibility index (Phi) is 6.52. The number of amides is 2. The number of rotatable bonds is 7. The maximum absolute atomic E-state index is 12.8. The number of H-pyrrole nitrogens is 1. The van der Waals surface area contributed by atoms with Crippen molar-refractivity contribution in [1.82, 2.24) is 25.1 Å². The molecule has 32 heavy (non-hydrogen) atoms. The van der Waals surface area contributed by atoms with Crippen molar-refractivity contribution in [2.24, 2.45) is 0 Å². The van der Waals surface area contributed by atoms with E-state index in [1.54, 1.807) is 42.1 Å². The molecule has 1 atom stereocenters. The Hall–Kier alpha value is -3.63. The van der Waals surface area contributed by atoms with Crippen molar-refractivity contribution < 1.29 is 9.59 Å². The largest absolute Gasteiger partial charge is 0.350 e. The molecule has 8 nitrogen and oxygen atoms in total. The van der Waals surface area contributed by atoms with Crippen molar-refractivity contribution >= 4 is 41.1 Å². The maximum atomic E-state index is 12.8. The average Bonchev–Trinajstić information content (AvgIpc) is 3.47. The van der Waals surface area contributed by atoms with E-state index in [1.165, 1.54) is 11.3 Å². The molecule has 0 aliphatic heterocycles. The van der Waals surface area contributed by atoms with E-state index in [9.17, 15) is 9.59 Å². The molecule has 0 spiro atoms. The Morgan fingerprint density at radius 3 is 2.75 bits per heavy atom. The Bertz CT molecular complexity index is 1280. The van der Waals surface area contributed by atoms with Gasteiger partial charge in [0.1, 0.15) is 6.04 Å². The number of carbonyl (C=O) groups excluding carboxylic acids is 2. The number of hydrogen-bond donors (Lipinski definition) is 3. The van der Waals surface area contributed by atoms with Gasteiger partial charge in [-0.2, -0.15) is 5.10 Å². The summed E-state index contributed by atoms with van der Waals surface area (Å²) in [4.78, 5) is 30.0. The van der Waals surface area contributed by atoms with E-state index < -0.39 is 6.04 Å². The van der Waals surface area contributed by atoms with Gasteiger partial charge < -0.3 is 10.6 Å². The molecule has 3 aromatic heterocycles. The molecule has 0 saturated heterocycles. The lowest BCUT2D eigenvalue weighted by Crippen LogP contribution is -2.31. The zero-order chi connectivity index (χ0) is 22.5. The zero-order valence-corrected chi connectivity index (χ0v) is 18.7. The fourth-order valence-corrected chi connectivity index (χ4v) is 4.16. The molecule has 0 radical (unpaired) electrons. The van der Waals surface area contributed by atoms with E-state index >= 15 is 0 Å². The van der Waals surface area contributed by atoms with Crippen LogP contribution in [0, 0.1) is 4.77 Å². The summed E-state index contributed by atoms with van der Waals surface area (Å²) < 4.78 is 2.10. The summed E-state index contributed by atoms with van der Waals surface area (Å²) in [7, 11) is 0. The highest BCUT2D eigenvalue weighted by atomic mass is 32.1. The van der Waals surface area contributed by atoms with Gasteiger partial charge in [0.05, 0.1) is 4.88 Å². The Morgan fingerprint density at radius 1 is 1.19 bits per heavy atom. The van der Waals surface area contributed by atoms with Gasteiger partial charge in [0, 0.05) is 30.2 Å². The number of nitrogens with zero attached hydrogens (tertiary/aromatic N) is 3. The number of carbonyl (C=O) groups is 2. The van der Waals surface area contributed by atoms with Crippen LogP contribution in [0.25, 0.3) is 10.7 Å². The number of aromatic nitrogens is 4.